The van der Waals surface area contributed by atoms with Crippen LogP contribution in [0.4, 0.5) is 4.39 Å². The van der Waals surface area contributed by atoms with Gasteiger partial charge in [-0.15, -0.1) is 24.0 Å². The molecule has 2 rings (SSSR count). The lowest BCUT2D eigenvalue weighted by Crippen LogP contribution is -2.37. The van der Waals surface area contributed by atoms with E-state index in [-0.39, 0.29) is 29.8 Å². The topological polar surface area (TPSA) is 45.5 Å². The van der Waals surface area contributed by atoms with Gasteiger partial charge in [-0.2, -0.15) is 5.10 Å². The van der Waals surface area contributed by atoms with Crippen LogP contribution in [0.2, 0.25) is 0 Å². The van der Waals surface area contributed by atoms with Gasteiger partial charge in [0, 0.05) is 46.0 Å². The zero-order valence-electron chi connectivity index (χ0n) is 13.0. The maximum Gasteiger partial charge on any atom is 0.193 e. The summed E-state index contributed by atoms with van der Waals surface area (Å²) in [7, 11) is 5.58. The molecule has 7 heteroatoms. The molecule has 0 saturated carbocycles. The lowest BCUT2D eigenvalue weighted by Gasteiger charge is -2.22. The number of aliphatic imine (C=N–C) groups is 1. The first-order chi connectivity index (χ1) is 10.1. The molecule has 0 aliphatic heterocycles. The van der Waals surface area contributed by atoms with Crippen molar-refractivity contribution in [1.82, 2.24) is 20.0 Å². The fourth-order valence-electron chi connectivity index (χ4n) is 2.07. The average molecular weight is 417 g/mol. The number of aromatic nitrogens is 2. The summed E-state index contributed by atoms with van der Waals surface area (Å²) in [6.07, 6.45) is 3.78. The number of nitrogens with one attached hydrogen (secondary N) is 1. The molecule has 0 amide bonds. The maximum absolute atomic E-state index is 12.9. The van der Waals surface area contributed by atoms with Crippen molar-refractivity contribution in [3.63, 3.8) is 0 Å². The van der Waals surface area contributed by atoms with Gasteiger partial charge >= 0.3 is 0 Å². The molecule has 2 aromatic rings. The number of nitrogens with zero attached hydrogens (tertiary/aromatic N) is 4. The van der Waals surface area contributed by atoms with Crippen molar-refractivity contribution in [2.45, 2.75) is 13.1 Å². The largest absolute Gasteiger partial charge is 0.352 e. The summed E-state index contributed by atoms with van der Waals surface area (Å²) < 4.78 is 14.7. The molecule has 0 aliphatic carbocycles. The summed E-state index contributed by atoms with van der Waals surface area (Å²) in [6, 6.07) is 6.49. The van der Waals surface area contributed by atoms with Gasteiger partial charge in [-0.1, -0.05) is 12.1 Å². The predicted octanol–water partition coefficient (Wildman–Crippen LogP) is 2.38. The van der Waals surface area contributed by atoms with Crippen molar-refractivity contribution in [2.75, 3.05) is 14.1 Å². The zero-order chi connectivity index (χ0) is 15.2. The quantitative estimate of drug-likeness (QED) is 0.472. The van der Waals surface area contributed by atoms with Gasteiger partial charge in [0.25, 0.3) is 0 Å². The molecule has 0 unspecified atom stereocenters. The van der Waals surface area contributed by atoms with Crippen LogP contribution in [0.25, 0.3) is 0 Å². The first-order valence-corrected chi connectivity index (χ1v) is 6.72. The van der Waals surface area contributed by atoms with Gasteiger partial charge < -0.3 is 10.2 Å². The highest BCUT2D eigenvalue weighted by Gasteiger charge is 2.07. The van der Waals surface area contributed by atoms with Gasteiger partial charge in [0.15, 0.2) is 5.96 Å². The second-order valence-corrected chi connectivity index (χ2v) is 4.91. The lowest BCUT2D eigenvalue weighted by atomic mass is 10.2. The van der Waals surface area contributed by atoms with Crippen LogP contribution in [-0.2, 0) is 20.1 Å². The smallest absolute Gasteiger partial charge is 0.193 e. The molecule has 0 bridgehead atoms. The fraction of sp³-hybridized carbons (Fsp3) is 0.333. The maximum atomic E-state index is 12.9. The molecule has 0 atom stereocenters. The van der Waals surface area contributed by atoms with Gasteiger partial charge in [-0.25, -0.2) is 4.39 Å². The number of aryl methyl sites for hydroxylation is 1. The van der Waals surface area contributed by atoms with Crippen molar-refractivity contribution in [3.8, 4) is 0 Å². The summed E-state index contributed by atoms with van der Waals surface area (Å²) in [5, 5.41) is 7.41. The molecule has 0 radical (unpaired) electrons. The Kier molecular flexibility index (Phi) is 7.30. The molecular formula is C15H21FIN5. The normalized spacial score (nSPS) is 11.0. The Morgan fingerprint density at radius 1 is 1.32 bits per heavy atom. The van der Waals surface area contributed by atoms with Crippen molar-refractivity contribution < 1.29 is 4.39 Å². The molecule has 1 heterocycles. The third kappa shape index (κ3) is 5.28. The monoisotopic (exact) mass is 417 g/mol. The molecule has 0 aliphatic rings. The van der Waals surface area contributed by atoms with Crippen LogP contribution in [0.3, 0.4) is 0 Å². The van der Waals surface area contributed by atoms with Gasteiger partial charge in [-0.3, -0.25) is 9.67 Å². The number of benzene rings is 1. The SMILES string of the molecule is CN=C(NCc1cnn(C)c1)N(C)Cc1ccc(F)cc1.I. The summed E-state index contributed by atoms with van der Waals surface area (Å²) in [6.45, 7) is 1.32. The van der Waals surface area contributed by atoms with Gasteiger partial charge in [-0.05, 0) is 17.7 Å². The minimum absolute atomic E-state index is 0. The van der Waals surface area contributed by atoms with Gasteiger partial charge in [0.1, 0.15) is 5.82 Å². The summed E-state index contributed by atoms with van der Waals surface area (Å²) >= 11 is 0. The standard InChI is InChI=1S/C15H20FN5.HI/c1-17-15(18-8-13-9-19-21(3)11-13)20(2)10-12-4-6-14(16)7-5-12;/h4-7,9,11H,8,10H2,1-3H3,(H,17,18);1H. The highest BCUT2D eigenvalue weighted by Crippen LogP contribution is 2.06. The number of hydrogen-bond acceptors (Lipinski definition) is 2. The average Bonchev–Trinajstić information content (AvgIpc) is 2.88. The molecule has 0 fully saturated rings. The van der Waals surface area contributed by atoms with Crippen LogP contribution in [0.5, 0.6) is 0 Å². The van der Waals surface area contributed by atoms with E-state index >= 15 is 0 Å². The Morgan fingerprint density at radius 2 is 2.00 bits per heavy atom. The highest BCUT2D eigenvalue weighted by atomic mass is 127. The summed E-state index contributed by atoms with van der Waals surface area (Å²) in [4.78, 5) is 6.24. The van der Waals surface area contributed by atoms with E-state index in [0.717, 1.165) is 17.1 Å². The van der Waals surface area contributed by atoms with Gasteiger partial charge in [0.05, 0.1) is 6.20 Å². The van der Waals surface area contributed by atoms with E-state index in [9.17, 15) is 4.39 Å². The lowest BCUT2D eigenvalue weighted by molar-refractivity contribution is 0.476. The van der Waals surface area contributed by atoms with Crippen molar-refractivity contribution in [2.24, 2.45) is 12.0 Å². The van der Waals surface area contributed by atoms with E-state index in [1.165, 1.54) is 12.1 Å². The Balaban J connectivity index is 0.00000242. The molecule has 1 N–H and O–H groups in total. The minimum Gasteiger partial charge on any atom is -0.352 e. The number of guanidine groups is 1. The van der Waals surface area contributed by atoms with Crippen molar-refractivity contribution >= 4 is 29.9 Å². The van der Waals surface area contributed by atoms with E-state index in [1.54, 1.807) is 23.9 Å². The van der Waals surface area contributed by atoms with Crippen LogP contribution in [0.15, 0.2) is 41.7 Å². The first-order valence-electron chi connectivity index (χ1n) is 6.72. The van der Waals surface area contributed by atoms with Crippen LogP contribution in [0, 0.1) is 5.82 Å². The Bertz CT molecular complexity index is 609. The van der Waals surface area contributed by atoms with E-state index < -0.39 is 0 Å². The van der Waals surface area contributed by atoms with Crippen LogP contribution in [0.1, 0.15) is 11.1 Å². The highest BCUT2D eigenvalue weighted by molar-refractivity contribution is 14.0. The van der Waals surface area contributed by atoms with E-state index in [4.69, 9.17) is 0 Å². The molecule has 0 saturated heterocycles. The molecule has 0 spiro atoms. The predicted molar refractivity (Wildman–Crippen MR) is 96.7 cm³/mol. The van der Waals surface area contributed by atoms with E-state index in [1.807, 2.05) is 31.4 Å². The van der Waals surface area contributed by atoms with Gasteiger partial charge in [0.2, 0.25) is 0 Å². The molecule has 22 heavy (non-hydrogen) atoms. The number of hydrogen-bond donors (Lipinski definition) is 1. The fourth-order valence-corrected chi connectivity index (χ4v) is 2.07. The summed E-state index contributed by atoms with van der Waals surface area (Å²) in [5.74, 6) is 0.559. The van der Waals surface area contributed by atoms with Crippen molar-refractivity contribution in [1.29, 1.82) is 0 Å². The van der Waals surface area contributed by atoms with Crippen LogP contribution in [-0.4, -0.2) is 34.7 Å². The first kappa shape index (κ1) is 18.4. The Labute approximate surface area is 147 Å². The Hall–Kier alpha value is -1.64. The molecule has 5 nitrogen and oxygen atoms in total. The van der Waals surface area contributed by atoms with Crippen molar-refractivity contribution in [3.05, 3.63) is 53.6 Å². The second kappa shape index (κ2) is 8.72. The van der Waals surface area contributed by atoms with E-state index in [2.05, 4.69) is 15.4 Å². The molecule has 1 aromatic heterocycles. The molecule has 120 valence electrons. The third-order valence-electron chi connectivity index (χ3n) is 3.12. The van der Waals surface area contributed by atoms with E-state index in [0.29, 0.717) is 13.1 Å². The third-order valence-corrected chi connectivity index (χ3v) is 3.12. The van der Waals surface area contributed by atoms with Crippen LogP contribution < -0.4 is 5.32 Å². The second-order valence-electron chi connectivity index (χ2n) is 4.91. The molecular weight excluding hydrogens is 396 g/mol. The molecule has 1 aromatic carbocycles. The minimum atomic E-state index is -0.222. The summed E-state index contributed by atoms with van der Waals surface area (Å²) in [5.41, 5.74) is 2.12. The zero-order valence-corrected chi connectivity index (χ0v) is 15.3. The number of halogens is 2. The number of rotatable bonds is 4. The van der Waals surface area contributed by atoms with Crippen LogP contribution >= 0.6 is 24.0 Å². The Morgan fingerprint density at radius 3 is 2.55 bits per heavy atom.